The van der Waals surface area contributed by atoms with Gasteiger partial charge in [-0.25, -0.2) is 14.5 Å². The van der Waals surface area contributed by atoms with E-state index in [9.17, 15) is 4.79 Å². The van der Waals surface area contributed by atoms with E-state index in [1.807, 2.05) is 31.3 Å². The van der Waals surface area contributed by atoms with Crippen molar-refractivity contribution < 1.29 is 4.79 Å². The Hall–Kier alpha value is -2.94. The van der Waals surface area contributed by atoms with E-state index >= 15 is 0 Å². The number of hydrogen-bond donors (Lipinski definition) is 2. The summed E-state index contributed by atoms with van der Waals surface area (Å²) < 4.78 is 6.14. The molecule has 0 aliphatic carbocycles. The topological polar surface area (TPSA) is 88.0 Å². The standard InChI is InChI=1S/C21H27N7OS/c1-3-22-21(29)25-19-14-17(30-26-19)13-16-7-11-27(12-8-16)18-5-6-20(24-15(18)2)28-10-4-9-23-28/h4-6,9-10,14,16H,3,7-8,11-13H2,1-2H3,(H2,22,25,26,29). The highest BCUT2D eigenvalue weighted by Gasteiger charge is 2.22. The van der Waals surface area contributed by atoms with Gasteiger partial charge >= 0.3 is 6.03 Å². The normalized spacial score (nSPS) is 14.7. The van der Waals surface area contributed by atoms with Crippen LogP contribution in [0.2, 0.25) is 0 Å². The number of nitrogens with zero attached hydrogens (tertiary/aromatic N) is 5. The first-order valence-electron chi connectivity index (χ1n) is 10.4. The number of aromatic nitrogens is 4. The third-order valence-corrected chi connectivity index (χ3v) is 6.17. The Labute approximate surface area is 180 Å². The van der Waals surface area contributed by atoms with Crippen LogP contribution in [0.1, 0.15) is 30.3 Å². The molecular formula is C21H27N7OS. The number of aryl methyl sites for hydroxylation is 1. The minimum atomic E-state index is -0.204. The Kier molecular flexibility index (Phi) is 6.27. The van der Waals surface area contributed by atoms with Gasteiger partial charge in [-0.05, 0) is 74.8 Å². The second-order valence-electron chi connectivity index (χ2n) is 7.52. The lowest BCUT2D eigenvalue weighted by Crippen LogP contribution is -2.34. The summed E-state index contributed by atoms with van der Waals surface area (Å²) in [5.74, 6) is 2.12. The van der Waals surface area contributed by atoms with Crippen molar-refractivity contribution in [2.75, 3.05) is 29.9 Å². The molecule has 30 heavy (non-hydrogen) atoms. The lowest BCUT2D eigenvalue weighted by atomic mass is 9.92. The van der Waals surface area contributed by atoms with Crippen LogP contribution in [0.5, 0.6) is 0 Å². The number of hydrogen-bond acceptors (Lipinski definition) is 6. The summed E-state index contributed by atoms with van der Waals surface area (Å²) in [6.45, 7) is 6.61. The van der Waals surface area contributed by atoms with Crippen molar-refractivity contribution in [3.05, 3.63) is 47.2 Å². The SMILES string of the molecule is CCNC(=O)Nc1cc(CC2CCN(c3ccc(-n4cccn4)nc3C)CC2)sn1. The lowest BCUT2D eigenvalue weighted by molar-refractivity contribution is 0.252. The molecule has 0 radical (unpaired) electrons. The maximum Gasteiger partial charge on any atom is 0.320 e. The summed E-state index contributed by atoms with van der Waals surface area (Å²) in [6.07, 6.45) is 6.95. The third-order valence-electron chi connectivity index (χ3n) is 5.37. The summed E-state index contributed by atoms with van der Waals surface area (Å²) in [5.41, 5.74) is 2.24. The van der Waals surface area contributed by atoms with Crippen LogP contribution in [0.4, 0.5) is 16.3 Å². The quantitative estimate of drug-likeness (QED) is 0.630. The molecule has 8 nitrogen and oxygen atoms in total. The predicted octanol–water partition coefficient (Wildman–Crippen LogP) is 3.63. The maximum absolute atomic E-state index is 11.6. The Morgan fingerprint density at radius 1 is 1.30 bits per heavy atom. The monoisotopic (exact) mass is 425 g/mol. The van der Waals surface area contributed by atoms with Crippen LogP contribution in [0, 0.1) is 12.8 Å². The van der Waals surface area contributed by atoms with Gasteiger partial charge in [-0.3, -0.25) is 5.32 Å². The van der Waals surface area contributed by atoms with Crippen molar-refractivity contribution in [3.8, 4) is 5.82 Å². The number of rotatable bonds is 6. The zero-order valence-electron chi connectivity index (χ0n) is 17.3. The molecule has 0 bridgehead atoms. The van der Waals surface area contributed by atoms with Gasteiger partial charge in [0, 0.05) is 36.9 Å². The van der Waals surface area contributed by atoms with Crippen molar-refractivity contribution in [1.82, 2.24) is 24.5 Å². The van der Waals surface area contributed by atoms with Crippen molar-refractivity contribution >= 4 is 29.1 Å². The van der Waals surface area contributed by atoms with Crippen molar-refractivity contribution in [3.63, 3.8) is 0 Å². The second-order valence-corrected chi connectivity index (χ2v) is 8.41. The van der Waals surface area contributed by atoms with Crippen LogP contribution in [-0.4, -0.2) is 44.8 Å². The Morgan fingerprint density at radius 2 is 2.13 bits per heavy atom. The van der Waals surface area contributed by atoms with Crippen LogP contribution < -0.4 is 15.5 Å². The van der Waals surface area contributed by atoms with Gasteiger partial charge in [-0.1, -0.05) is 0 Å². The molecule has 0 spiro atoms. The average molecular weight is 426 g/mol. The summed E-state index contributed by atoms with van der Waals surface area (Å²) in [4.78, 5) is 20.0. The molecule has 158 valence electrons. The fourth-order valence-electron chi connectivity index (χ4n) is 3.86. The number of amides is 2. The highest BCUT2D eigenvalue weighted by molar-refractivity contribution is 7.06. The molecule has 0 aromatic carbocycles. The van der Waals surface area contributed by atoms with E-state index in [0.29, 0.717) is 18.3 Å². The number of anilines is 2. The van der Waals surface area contributed by atoms with Gasteiger partial charge in [0.05, 0.1) is 11.4 Å². The second kappa shape index (κ2) is 9.25. The van der Waals surface area contributed by atoms with Crippen molar-refractivity contribution in [2.24, 2.45) is 5.92 Å². The van der Waals surface area contributed by atoms with Gasteiger partial charge in [-0.2, -0.15) is 9.47 Å². The first-order chi connectivity index (χ1) is 14.6. The van der Waals surface area contributed by atoms with Crippen molar-refractivity contribution in [2.45, 2.75) is 33.1 Å². The van der Waals surface area contributed by atoms with Gasteiger partial charge in [0.1, 0.15) is 5.82 Å². The van der Waals surface area contributed by atoms with E-state index in [1.165, 1.54) is 22.1 Å². The number of nitrogens with one attached hydrogen (secondary N) is 2. The first-order valence-corrected chi connectivity index (χ1v) is 11.1. The molecule has 1 aliphatic heterocycles. The number of carbonyl (C=O) groups is 1. The summed E-state index contributed by atoms with van der Waals surface area (Å²) in [5, 5.41) is 9.75. The van der Waals surface area contributed by atoms with E-state index in [1.54, 1.807) is 10.9 Å². The third kappa shape index (κ3) is 4.79. The smallest absolute Gasteiger partial charge is 0.320 e. The van der Waals surface area contributed by atoms with Crippen LogP contribution in [0.25, 0.3) is 5.82 Å². The molecule has 0 unspecified atom stereocenters. The molecule has 2 N–H and O–H groups in total. The van der Waals surface area contributed by atoms with Gasteiger partial charge in [0.15, 0.2) is 5.82 Å². The first kappa shape index (κ1) is 20.3. The zero-order chi connectivity index (χ0) is 20.9. The molecule has 4 rings (SSSR count). The molecule has 1 aliphatic rings. The number of piperidine rings is 1. The molecule has 0 saturated carbocycles. The molecule has 3 aromatic heterocycles. The minimum absolute atomic E-state index is 0.204. The minimum Gasteiger partial charge on any atom is -0.370 e. The summed E-state index contributed by atoms with van der Waals surface area (Å²) >= 11 is 1.48. The summed E-state index contributed by atoms with van der Waals surface area (Å²) in [7, 11) is 0. The van der Waals surface area contributed by atoms with Crippen LogP contribution in [0.15, 0.2) is 36.7 Å². The van der Waals surface area contributed by atoms with Crippen LogP contribution in [0.3, 0.4) is 0 Å². The van der Waals surface area contributed by atoms with Crippen LogP contribution >= 0.6 is 11.5 Å². The largest absolute Gasteiger partial charge is 0.370 e. The fourth-order valence-corrected chi connectivity index (χ4v) is 4.65. The number of carbonyl (C=O) groups excluding carboxylic acids is 1. The predicted molar refractivity (Wildman–Crippen MR) is 120 cm³/mol. The Morgan fingerprint density at radius 3 is 2.83 bits per heavy atom. The Balaban J connectivity index is 1.31. The zero-order valence-corrected chi connectivity index (χ0v) is 18.2. The Bertz CT molecular complexity index is 977. The highest BCUT2D eigenvalue weighted by Crippen LogP contribution is 2.29. The molecule has 0 atom stereocenters. The van der Waals surface area contributed by atoms with E-state index in [4.69, 9.17) is 4.98 Å². The van der Waals surface area contributed by atoms with E-state index in [-0.39, 0.29) is 6.03 Å². The highest BCUT2D eigenvalue weighted by atomic mass is 32.1. The average Bonchev–Trinajstić information content (AvgIpc) is 3.41. The van der Waals surface area contributed by atoms with E-state index in [0.717, 1.165) is 43.9 Å². The number of pyridine rings is 1. The van der Waals surface area contributed by atoms with E-state index in [2.05, 4.69) is 38.0 Å². The van der Waals surface area contributed by atoms with E-state index < -0.39 is 0 Å². The molecule has 2 amide bonds. The van der Waals surface area contributed by atoms with Gasteiger partial charge in [-0.15, -0.1) is 0 Å². The molecule has 1 fully saturated rings. The van der Waals surface area contributed by atoms with Crippen molar-refractivity contribution in [1.29, 1.82) is 0 Å². The number of urea groups is 1. The maximum atomic E-state index is 11.6. The van der Waals surface area contributed by atoms with Gasteiger partial charge < -0.3 is 10.2 Å². The molecule has 1 saturated heterocycles. The lowest BCUT2D eigenvalue weighted by Gasteiger charge is -2.34. The molecule has 3 aromatic rings. The van der Waals surface area contributed by atoms with Crippen LogP contribution in [-0.2, 0) is 6.42 Å². The van der Waals surface area contributed by atoms with Gasteiger partial charge in [0.2, 0.25) is 0 Å². The molecular weight excluding hydrogens is 398 g/mol. The molecule has 4 heterocycles. The molecule has 9 heteroatoms. The summed E-state index contributed by atoms with van der Waals surface area (Å²) in [6, 6.07) is 7.88. The fraction of sp³-hybridized carbons (Fsp3) is 0.429. The van der Waals surface area contributed by atoms with Gasteiger partial charge in [0.25, 0.3) is 0 Å².